The highest BCUT2D eigenvalue weighted by atomic mass is 16.7. The summed E-state index contributed by atoms with van der Waals surface area (Å²) < 4.78 is 12.3. The molecule has 3 rings (SSSR count). The van der Waals surface area contributed by atoms with E-state index < -0.39 is 0 Å². The van der Waals surface area contributed by atoms with Crippen LogP contribution in [-0.2, 0) is 6.61 Å². The van der Waals surface area contributed by atoms with Gasteiger partial charge < -0.3 is 19.1 Å². The smallest absolute Gasteiger partial charge is 0.231 e. The van der Waals surface area contributed by atoms with Gasteiger partial charge >= 0.3 is 0 Å². The first-order chi connectivity index (χ1) is 7.86. The molecule has 2 heterocycles. The zero-order chi connectivity index (χ0) is 11.0. The molecule has 16 heavy (non-hydrogen) atoms. The standard InChI is InChI=1S/C11H10N2O3/c14-5-8-4-13(6-12-8)9-1-2-10-11(3-9)16-7-15-10/h1-4,6,14H,5,7H2. The van der Waals surface area contributed by atoms with E-state index in [-0.39, 0.29) is 13.4 Å². The summed E-state index contributed by atoms with van der Waals surface area (Å²) in [6, 6.07) is 5.65. The second-order valence-corrected chi connectivity index (χ2v) is 3.47. The maximum absolute atomic E-state index is 8.93. The van der Waals surface area contributed by atoms with Crippen LogP contribution in [-0.4, -0.2) is 21.5 Å². The van der Waals surface area contributed by atoms with Gasteiger partial charge in [-0.2, -0.15) is 0 Å². The lowest BCUT2D eigenvalue weighted by Crippen LogP contribution is -1.93. The van der Waals surface area contributed by atoms with Crippen LogP contribution in [0.1, 0.15) is 5.69 Å². The van der Waals surface area contributed by atoms with Crippen LogP contribution in [0.5, 0.6) is 11.5 Å². The largest absolute Gasteiger partial charge is 0.454 e. The van der Waals surface area contributed by atoms with Crippen LogP contribution in [0, 0.1) is 0 Å². The van der Waals surface area contributed by atoms with Crippen LogP contribution >= 0.6 is 0 Å². The SMILES string of the molecule is OCc1cn(-c2ccc3c(c2)OCO3)cn1. The lowest BCUT2D eigenvalue weighted by molar-refractivity contribution is 0.174. The van der Waals surface area contributed by atoms with Crippen LogP contribution in [0.3, 0.4) is 0 Å². The Morgan fingerprint density at radius 1 is 1.31 bits per heavy atom. The summed E-state index contributed by atoms with van der Waals surface area (Å²) in [5.74, 6) is 1.49. The summed E-state index contributed by atoms with van der Waals surface area (Å²) in [4.78, 5) is 4.05. The molecule has 0 fully saturated rings. The molecular formula is C11H10N2O3. The molecule has 1 aromatic carbocycles. The van der Waals surface area contributed by atoms with E-state index in [1.807, 2.05) is 22.8 Å². The van der Waals surface area contributed by atoms with Crippen LogP contribution in [0.15, 0.2) is 30.7 Å². The normalized spacial score (nSPS) is 13.1. The van der Waals surface area contributed by atoms with Crippen molar-refractivity contribution in [1.29, 1.82) is 0 Å². The minimum absolute atomic E-state index is 0.0580. The highest BCUT2D eigenvalue weighted by Crippen LogP contribution is 2.33. The number of nitrogens with zero attached hydrogens (tertiary/aromatic N) is 2. The molecule has 0 amide bonds. The van der Waals surface area contributed by atoms with Gasteiger partial charge in [0, 0.05) is 12.3 Å². The van der Waals surface area contributed by atoms with Gasteiger partial charge in [-0.25, -0.2) is 4.98 Å². The van der Waals surface area contributed by atoms with Crippen molar-refractivity contribution in [3.63, 3.8) is 0 Å². The van der Waals surface area contributed by atoms with E-state index in [1.165, 1.54) is 0 Å². The van der Waals surface area contributed by atoms with Gasteiger partial charge in [0.05, 0.1) is 24.3 Å². The molecule has 1 aliphatic heterocycles. The zero-order valence-electron chi connectivity index (χ0n) is 8.46. The molecule has 0 saturated carbocycles. The number of benzene rings is 1. The van der Waals surface area contributed by atoms with Crippen molar-refractivity contribution in [1.82, 2.24) is 9.55 Å². The molecule has 1 aliphatic rings. The predicted octanol–water partition coefficient (Wildman–Crippen LogP) is 1.09. The van der Waals surface area contributed by atoms with E-state index in [2.05, 4.69) is 4.98 Å². The summed E-state index contributed by atoms with van der Waals surface area (Å²) in [7, 11) is 0. The van der Waals surface area contributed by atoms with Gasteiger partial charge in [-0.1, -0.05) is 0 Å². The Kier molecular flexibility index (Phi) is 2.04. The first kappa shape index (κ1) is 9.23. The van der Waals surface area contributed by atoms with Gasteiger partial charge in [-0.3, -0.25) is 0 Å². The molecule has 0 aliphatic carbocycles. The second kappa shape index (κ2) is 3.53. The van der Waals surface area contributed by atoms with Crippen LogP contribution in [0.25, 0.3) is 5.69 Å². The zero-order valence-corrected chi connectivity index (χ0v) is 8.46. The molecule has 82 valence electrons. The first-order valence-corrected chi connectivity index (χ1v) is 4.90. The highest BCUT2D eigenvalue weighted by molar-refractivity contribution is 5.50. The molecule has 0 spiro atoms. The third-order valence-electron chi connectivity index (χ3n) is 2.45. The van der Waals surface area contributed by atoms with Crippen molar-refractivity contribution < 1.29 is 14.6 Å². The monoisotopic (exact) mass is 218 g/mol. The molecule has 0 bridgehead atoms. The number of hydrogen-bond donors (Lipinski definition) is 1. The third-order valence-corrected chi connectivity index (χ3v) is 2.45. The van der Waals surface area contributed by atoms with Crippen molar-refractivity contribution in [2.45, 2.75) is 6.61 Å². The number of ether oxygens (including phenoxy) is 2. The van der Waals surface area contributed by atoms with Crippen molar-refractivity contribution in [2.24, 2.45) is 0 Å². The number of fused-ring (bicyclic) bond motifs is 1. The Morgan fingerprint density at radius 2 is 2.19 bits per heavy atom. The van der Waals surface area contributed by atoms with E-state index in [4.69, 9.17) is 14.6 Å². The van der Waals surface area contributed by atoms with E-state index in [9.17, 15) is 0 Å². The Balaban J connectivity index is 2.00. The number of imidazole rings is 1. The third kappa shape index (κ3) is 1.42. The van der Waals surface area contributed by atoms with E-state index in [0.29, 0.717) is 5.69 Å². The first-order valence-electron chi connectivity index (χ1n) is 4.90. The van der Waals surface area contributed by atoms with Gasteiger partial charge in [0.2, 0.25) is 6.79 Å². The lowest BCUT2D eigenvalue weighted by atomic mass is 10.3. The molecule has 1 aromatic heterocycles. The molecule has 1 N–H and O–H groups in total. The molecular weight excluding hydrogens is 208 g/mol. The second-order valence-electron chi connectivity index (χ2n) is 3.47. The topological polar surface area (TPSA) is 56.5 Å². The Hall–Kier alpha value is -2.01. The number of aliphatic hydroxyl groups is 1. The predicted molar refractivity (Wildman–Crippen MR) is 55.6 cm³/mol. The average Bonchev–Trinajstić information content (AvgIpc) is 2.96. The molecule has 5 heteroatoms. The van der Waals surface area contributed by atoms with Gasteiger partial charge in [0.1, 0.15) is 0 Å². The minimum Gasteiger partial charge on any atom is -0.454 e. The van der Waals surface area contributed by atoms with E-state index in [1.54, 1.807) is 12.5 Å². The number of aliphatic hydroxyl groups excluding tert-OH is 1. The summed E-state index contributed by atoms with van der Waals surface area (Å²) >= 11 is 0. The maximum atomic E-state index is 8.93. The Bertz CT molecular complexity index is 522. The average molecular weight is 218 g/mol. The summed E-state index contributed by atoms with van der Waals surface area (Å²) in [6.45, 7) is 0.210. The van der Waals surface area contributed by atoms with Crippen LogP contribution in [0.4, 0.5) is 0 Å². The molecule has 0 saturated heterocycles. The van der Waals surface area contributed by atoms with Crippen molar-refractivity contribution in [3.8, 4) is 17.2 Å². The van der Waals surface area contributed by atoms with E-state index >= 15 is 0 Å². The fourth-order valence-electron chi connectivity index (χ4n) is 1.63. The fourth-order valence-corrected chi connectivity index (χ4v) is 1.63. The van der Waals surface area contributed by atoms with Gasteiger partial charge in [0.15, 0.2) is 11.5 Å². The molecule has 0 radical (unpaired) electrons. The van der Waals surface area contributed by atoms with Crippen molar-refractivity contribution >= 4 is 0 Å². The molecule has 0 atom stereocenters. The van der Waals surface area contributed by atoms with Crippen LogP contribution in [0.2, 0.25) is 0 Å². The fraction of sp³-hybridized carbons (Fsp3) is 0.182. The maximum Gasteiger partial charge on any atom is 0.231 e. The number of aromatic nitrogens is 2. The Labute approximate surface area is 91.9 Å². The van der Waals surface area contributed by atoms with Gasteiger partial charge in [0.25, 0.3) is 0 Å². The van der Waals surface area contributed by atoms with Crippen molar-refractivity contribution in [2.75, 3.05) is 6.79 Å². The molecule has 0 unspecified atom stereocenters. The molecule has 5 nitrogen and oxygen atoms in total. The van der Waals surface area contributed by atoms with Gasteiger partial charge in [-0.15, -0.1) is 0 Å². The minimum atomic E-state index is -0.0580. The van der Waals surface area contributed by atoms with Gasteiger partial charge in [-0.05, 0) is 12.1 Å². The summed E-state index contributed by atoms with van der Waals surface area (Å²) in [5.41, 5.74) is 1.56. The lowest BCUT2D eigenvalue weighted by Gasteiger charge is -2.02. The quantitative estimate of drug-likeness (QED) is 0.819. The highest BCUT2D eigenvalue weighted by Gasteiger charge is 2.13. The number of rotatable bonds is 2. The van der Waals surface area contributed by atoms with Crippen LogP contribution < -0.4 is 9.47 Å². The number of hydrogen-bond acceptors (Lipinski definition) is 4. The van der Waals surface area contributed by atoms with E-state index in [0.717, 1.165) is 17.2 Å². The molecule has 2 aromatic rings. The summed E-state index contributed by atoms with van der Waals surface area (Å²) in [5, 5.41) is 8.93. The summed E-state index contributed by atoms with van der Waals surface area (Å²) in [6.07, 6.45) is 3.43. The Morgan fingerprint density at radius 3 is 3.00 bits per heavy atom. The van der Waals surface area contributed by atoms with Crippen molar-refractivity contribution in [3.05, 3.63) is 36.4 Å².